The first kappa shape index (κ1) is 14.8. The Morgan fingerprint density at radius 2 is 2.15 bits per heavy atom. The highest BCUT2D eigenvalue weighted by Crippen LogP contribution is 2.29. The van der Waals surface area contributed by atoms with Gasteiger partial charge in [0, 0.05) is 12.6 Å². The SMILES string of the molecule is CC(C)CCN(c1nnccc1C(=N)N)C1CCCC1. The molecule has 0 amide bonds. The molecular formula is C15H25N5. The smallest absolute Gasteiger partial charge is 0.162 e. The minimum Gasteiger partial charge on any atom is -0.384 e. The van der Waals surface area contributed by atoms with E-state index in [1.807, 2.05) is 0 Å². The van der Waals surface area contributed by atoms with E-state index in [2.05, 4.69) is 28.9 Å². The first-order valence-electron chi connectivity index (χ1n) is 7.52. The Hall–Kier alpha value is -1.65. The molecule has 1 aliphatic rings. The Bertz CT molecular complexity index is 451. The molecule has 1 aromatic heterocycles. The minimum atomic E-state index is 0.0717. The van der Waals surface area contributed by atoms with Crippen LogP contribution in [-0.4, -0.2) is 28.6 Å². The molecular weight excluding hydrogens is 250 g/mol. The molecule has 2 rings (SSSR count). The molecule has 1 fully saturated rings. The molecule has 5 nitrogen and oxygen atoms in total. The van der Waals surface area contributed by atoms with E-state index in [0.717, 1.165) is 18.8 Å². The van der Waals surface area contributed by atoms with Crippen LogP contribution in [0.2, 0.25) is 0 Å². The fraction of sp³-hybridized carbons (Fsp3) is 0.667. The maximum atomic E-state index is 7.74. The zero-order valence-corrected chi connectivity index (χ0v) is 12.5. The largest absolute Gasteiger partial charge is 0.384 e. The van der Waals surface area contributed by atoms with E-state index < -0.39 is 0 Å². The summed E-state index contributed by atoms with van der Waals surface area (Å²) >= 11 is 0. The molecule has 0 atom stereocenters. The molecule has 0 aliphatic heterocycles. The number of hydrogen-bond donors (Lipinski definition) is 2. The summed E-state index contributed by atoms with van der Waals surface area (Å²) in [5.41, 5.74) is 6.40. The molecule has 0 radical (unpaired) electrons. The maximum absolute atomic E-state index is 7.74. The van der Waals surface area contributed by atoms with Crippen LogP contribution in [0.3, 0.4) is 0 Å². The summed E-state index contributed by atoms with van der Waals surface area (Å²) in [6, 6.07) is 2.31. The molecule has 0 unspecified atom stereocenters. The van der Waals surface area contributed by atoms with Gasteiger partial charge in [-0.05, 0) is 31.2 Å². The van der Waals surface area contributed by atoms with Gasteiger partial charge in [0.25, 0.3) is 0 Å². The Morgan fingerprint density at radius 1 is 1.45 bits per heavy atom. The van der Waals surface area contributed by atoms with Crippen LogP contribution >= 0.6 is 0 Å². The Labute approximate surface area is 121 Å². The van der Waals surface area contributed by atoms with E-state index in [-0.39, 0.29) is 5.84 Å². The second kappa shape index (κ2) is 6.68. The van der Waals surface area contributed by atoms with Gasteiger partial charge in [0.15, 0.2) is 5.82 Å². The lowest BCUT2D eigenvalue weighted by Crippen LogP contribution is -2.37. The second-order valence-electron chi connectivity index (χ2n) is 6.00. The number of anilines is 1. The van der Waals surface area contributed by atoms with Crippen molar-refractivity contribution in [1.82, 2.24) is 10.2 Å². The van der Waals surface area contributed by atoms with Crippen LogP contribution in [0.15, 0.2) is 12.3 Å². The van der Waals surface area contributed by atoms with Gasteiger partial charge in [-0.15, -0.1) is 5.10 Å². The van der Waals surface area contributed by atoms with E-state index in [9.17, 15) is 0 Å². The monoisotopic (exact) mass is 275 g/mol. The molecule has 1 aliphatic carbocycles. The zero-order chi connectivity index (χ0) is 14.5. The van der Waals surface area contributed by atoms with E-state index in [0.29, 0.717) is 17.5 Å². The molecule has 0 aromatic carbocycles. The normalized spacial score (nSPS) is 15.8. The number of rotatable bonds is 6. The van der Waals surface area contributed by atoms with Gasteiger partial charge in [-0.2, -0.15) is 5.10 Å². The van der Waals surface area contributed by atoms with Crippen LogP contribution < -0.4 is 10.6 Å². The van der Waals surface area contributed by atoms with Crippen molar-refractivity contribution in [3.05, 3.63) is 17.8 Å². The van der Waals surface area contributed by atoms with Gasteiger partial charge >= 0.3 is 0 Å². The second-order valence-corrected chi connectivity index (χ2v) is 6.00. The third-order valence-corrected chi connectivity index (χ3v) is 3.98. The molecule has 1 aromatic rings. The molecule has 0 spiro atoms. The number of nitrogens with zero attached hydrogens (tertiary/aromatic N) is 3. The third kappa shape index (κ3) is 3.46. The summed E-state index contributed by atoms with van der Waals surface area (Å²) in [4.78, 5) is 2.33. The Morgan fingerprint density at radius 3 is 2.75 bits per heavy atom. The average molecular weight is 275 g/mol. The number of nitrogen functional groups attached to an aromatic ring is 1. The zero-order valence-electron chi connectivity index (χ0n) is 12.5. The lowest BCUT2D eigenvalue weighted by molar-refractivity contribution is 0.523. The summed E-state index contributed by atoms with van der Waals surface area (Å²) in [6.07, 6.45) is 7.68. The standard InChI is InChI=1S/C15H25N5/c1-11(2)8-10-20(12-5-3-4-6-12)15-13(14(16)17)7-9-18-19-15/h7,9,11-12H,3-6,8,10H2,1-2H3,(H3,16,17). The van der Waals surface area contributed by atoms with Gasteiger partial charge in [-0.3, -0.25) is 5.41 Å². The van der Waals surface area contributed by atoms with Gasteiger partial charge in [0.05, 0.1) is 11.8 Å². The first-order valence-corrected chi connectivity index (χ1v) is 7.52. The molecule has 5 heteroatoms. The summed E-state index contributed by atoms with van der Waals surface area (Å²) in [7, 11) is 0. The van der Waals surface area contributed by atoms with E-state index in [1.54, 1.807) is 12.3 Å². The van der Waals surface area contributed by atoms with Crippen molar-refractivity contribution in [2.75, 3.05) is 11.4 Å². The predicted octanol–water partition coefficient (Wildman–Crippen LogP) is 2.56. The summed E-state index contributed by atoms with van der Waals surface area (Å²) < 4.78 is 0. The van der Waals surface area contributed by atoms with Crippen LogP contribution in [0.4, 0.5) is 5.82 Å². The maximum Gasteiger partial charge on any atom is 0.162 e. The van der Waals surface area contributed by atoms with E-state index in [1.165, 1.54) is 25.7 Å². The van der Waals surface area contributed by atoms with Crippen molar-refractivity contribution in [1.29, 1.82) is 5.41 Å². The number of aromatic nitrogens is 2. The first-order chi connectivity index (χ1) is 9.59. The van der Waals surface area contributed by atoms with Gasteiger partial charge < -0.3 is 10.6 Å². The third-order valence-electron chi connectivity index (χ3n) is 3.98. The minimum absolute atomic E-state index is 0.0717. The van der Waals surface area contributed by atoms with Crippen molar-refractivity contribution in [2.45, 2.75) is 52.0 Å². The van der Waals surface area contributed by atoms with Crippen molar-refractivity contribution >= 4 is 11.7 Å². The topological polar surface area (TPSA) is 78.9 Å². The summed E-state index contributed by atoms with van der Waals surface area (Å²) in [5.74, 6) is 1.51. The predicted molar refractivity (Wildman–Crippen MR) is 82.1 cm³/mol. The molecule has 1 saturated carbocycles. The molecule has 110 valence electrons. The van der Waals surface area contributed by atoms with Crippen molar-refractivity contribution < 1.29 is 0 Å². The number of amidine groups is 1. The summed E-state index contributed by atoms with van der Waals surface area (Å²) in [6.45, 7) is 5.42. The van der Waals surface area contributed by atoms with Crippen LogP contribution in [0.5, 0.6) is 0 Å². The average Bonchev–Trinajstić information content (AvgIpc) is 2.93. The van der Waals surface area contributed by atoms with Gasteiger partial charge in [0.1, 0.15) is 5.84 Å². The Kier molecular flexibility index (Phi) is 4.93. The van der Waals surface area contributed by atoms with Crippen LogP contribution in [0, 0.1) is 11.3 Å². The van der Waals surface area contributed by atoms with Crippen LogP contribution in [0.25, 0.3) is 0 Å². The molecule has 20 heavy (non-hydrogen) atoms. The van der Waals surface area contributed by atoms with Crippen LogP contribution in [0.1, 0.15) is 51.5 Å². The number of hydrogen-bond acceptors (Lipinski definition) is 4. The highest BCUT2D eigenvalue weighted by Gasteiger charge is 2.26. The highest BCUT2D eigenvalue weighted by molar-refractivity contribution is 5.99. The van der Waals surface area contributed by atoms with Gasteiger partial charge in [0.2, 0.25) is 0 Å². The number of nitrogens with two attached hydrogens (primary N) is 1. The van der Waals surface area contributed by atoms with E-state index >= 15 is 0 Å². The summed E-state index contributed by atoms with van der Waals surface area (Å²) in [5, 5.41) is 16.0. The fourth-order valence-corrected chi connectivity index (χ4v) is 2.82. The van der Waals surface area contributed by atoms with Crippen molar-refractivity contribution in [3.63, 3.8) is 0 Å². The molecule has 1 heterocycles. The van der Waals surface area contributed by atoms with Gasteiger partial charge in [-0.1, -0.05) is 26.7 Å². The van der Waals surface area contributed by atoms with Crippen molar-refractivity contribution in [3.8, 4) is 0 Å². The fourth-order valence-electron chi connectivity index (χ4n) is 2.82. The van der Waals surface area contributed by atoms with Crippen LogP contribution in [-0.2, 0) is 0 Å². The molecule has 0 bridgehead atoms. The molecule has 3 N–H and O–H groups in total. The quantitative estimate of drug-likeness (QED) is 0.617. The van der Waals surface area contributed by atoms with E-state index in [4.69, 9.17) is 11.1 Å². The lowest BCUT2D eigenvalue weighted by Gasteiger charge is -2.31. The highest BCUT2D eigenvalue weighted by atomic mass is 15.3. The Balaban J connectivity index is 2.27. The van der Waals surface area contributed by atoms with Crippen molar-refractivity contribution in [2.24, 2.45) is 11.7 Å². The lowest BCUT2D eigenvalue weighted by atomic mass is 10.1. The van der Waals surface area contributed by atoms with Gasteiger partial charge in [-0.25, -0.2) is 0 Å². The molecule has 0 saturated heterocycles. The number of nitrogens with one attached hydrogen (secondary N) is 1.